The second-order valence-electron chi connectivity index (χ2n) is 12.9. The fourth-order valence-corrected chi connectivity index (χ4v) is 7.00. The van der Waals surface area contributed by atoms with Crippen molar-refractivity contribution in [1.82, 2.24) is 0 Å². The summed E-state index contributed by atoms with van der Waals surface area (Å²) in [5, 5.41) is 0.552. The van der Waals surface area contributed by atoms with Gasteiger partial charge in [-0.3, -0.25) is 0 Å². The van der Waals surface area contributed by atoms with Crippen LogP contribution in [0, 0.1) is 35.5 Å². The molecule has 0 saturated carbocycles. The van der Waals surface area contributed by atoms with E-state index < -0.39 is 0 Å². The van der Waals surface area contributed by atoms with Gasteiger partial charge in [-0.2, -0.15) is 0 Å². The Labute approximate surface area is 242 Å². The van der Waals surface area contributed by atoms with Gasteiger partial charge < -0.3 is 14.2 Å². The summed E-state index contributed by atoms with van der Waals surface area (Å²) in [5.74, 6) is 4.33. The van der Waals surface area contributed by atoms with Crippen LogP contribution in [0.3, 0.4) is 0 Å². The monoisotopic (exact) mass is 566 g/mol. The van der Waals surface area contributed by atoms with Gasteiger partial charge in [0, 0.05) is 25.0 Å². The first-order valence-electron chi connectivity index (χ1n) is 15.3. The van der Waals surface area contributed by atoms with Crippen molar-refractivity contribution in [2.24, 2.45) is 35.5 Å². The molecule has 5 heteroatoms. The third-order valence-electron chi connectivity index (χ3n) is 7.78. The van der Waals surface area contributed by atoms with Crippen LogP contribution in [0.2, 0.25) is 0 Å². The first kappa shape index (κ1) is 37.5. The van der Waals surface area contributed by atoms with Crippen molar-refractivity contribution in [3.63, 3.8) is 0 Å². The lowest BCUT2D eigenvalue weighted by atomic mass is 9.86. The van der Waals surface area contributed by atoms with Crippen LogP contribution in [0.4, 0.5) is 0 Å². The maximum Gasteiger partial charge on any atom is 0.160 e. The topological polar surface area (TPSA) is 27.7 Å². The Hall–Kier alpha value is 0.460. The zero-order valence-corrected chi connectivity index (χ0v) is 27.8. The molecule has 0 aromatic heterocycles. The van der Waals surface area contributed by atoms with E-state index in [9.17, 15) is 0 Å². The number of halogens is 2. The van der Waals surface area contributed by atoms with Crippen LogP contribution in [0.25, 0.3) is 0 Å². The van der Waals surface area contributed by atoms with E-state index in [-0.39, 0.29) is 23.3 Å². The molecule has 0 aliphatic rings. The smallest absolute Gasteiger partial charge is 0.160 e. The van der Waals surface area contributed by atoms with Gasteiger partial charge in [0.05, 0.1) is 0 Å². The Morgan fingerprint density at radius 2 is 0.730 bits per heavy atom. The Morgan fingerprint density at radius 3 is 1.03 bits per heavy atom. The molecule has 0 fully saturated rings. The SMILES string of the molecule is COC(CCCC(C)CC(C)CC(C)CC(C)Cl)OC(CCCC(C)CC(C)CC(C)CC(C)Cl)OC. The molecule has 0 aromatic rings. The van der Waals surface area contributed by atoms with Gasteiger partial charge in [-0.15, -0.1) is 23.2 Å². The molecule has 0 aromatic carbocycles. The van der Waals surface area contributed by atoms with E-state index in [1.807, 2.05) is 0 Å². The normalized spacial score (nSPS) is 20.4. The lowest BCUT2D eigenvalue weighted by Crippen LogP contribution is -2.25. The van der Waals surface area contributed by atoms with Crippen molar-refractivity contribution < 1.29 is 14.2 Å². The number of methoxy groups -OCH3 is 2. The average molecular weight is 568 g/mol. The van der Waals surface area contributed by atoms with Crippen LogP contribution in [0.15, 0.2) is 0 Å². The molecular weight excluding hydrogens is 503 g/mol. The molecule has 0 aliphatic heterocycles. The van der Waals surface area contributed by atoms with Gasteiger partial charge in [0.1, 0.15) is 0 Å². The third-order valence-corrected chi connectivity index (χ3v) is 8.13. The van der Waals surface area contributed by atoms with Crippen LogP contribution >= 0.6 is 23.2 Å². The van der Waals surface area contributed by atoms with Gasteiger partial charge in [0.2, 0.25) is 0 Å². The van der Waals surface area contributed by atoms with E-state index in [1.54, 1.807) is 14.2 Å². The second kappa shape index (κ2) is 22.2. The maximum atomic E-state index is 6.18. The van der Waals surface area contributed by atoms with E-state index in [4.69, 9.17) is 37.4 Å². The highest BCUT2D eigenvalue weighted by molar-refractivity contribution is 6.20. The summed E-state index contributed by atoms with van der Waals surface area (Å²) in [6, 6.07) is 0. The zero-order chi connectivity index (χ0) is 28.4. The van der Waals surface area contributed by atoms with Gasteiger partial charge >= 0.3 is 0 Å². The highest BCUT2D eigenvalue weighted by Gasteiger charge is 2.19. The fourth-order valence-electron chi connectivity index (χ4n) is 6.40. The summed E-state index contributed by atoms with van der Waals surface area (Å²) in [5.41, 5.74) is 0. The maximum absolute atomic E-state index is 6.18. The third kappa shape index (κ3) is 21.9. The van der Waals surface area contributed by atoms with Gasteiger partial charge in [-0.25, -0.2) is 0 Å². The molecule has 0 radical (unpaired) electrons. The largest absolute Gasteiger partial charge is 0.356 e. The van der Waals surface area contributed by atoms with Crippen molar-refractivity contribution >= 4 is 23.2 Å². The van der Waals surface area contributed by atoms with E-state index in [1.165, 1.54) is 38.5 Å². The van der Waals surface area contributed by atoms with Crippen LogP contribution < -0.4 is 0 Å². The minimum Gasteiger partial charge on any atom is -0.356 e. The van der Waals surface area contributed by atoms with Crippen LogP contribution in [0.1, 0.15) is 132 Å². The molecule has 37 heavy (non-hydrogen) atoms. The van der Waals surface area contributed by atoms with E-state index in [0.717, 1.165) is 62.2 Å². The first-order valence-corrected chi connectivity index (χ1v) is 16.2. The molecule has 0 saturated heterocycles. The minimum absolute atomic E-state index is 0.192. The molecule has 3 nitrogen and oxygen atoms in total. The molecule has 0 bridgehead atoms. The van der Waals surface area contributed by atoms with E-state index in [0.29, 0.717) is 11.8 Å². The molecule has 0 rings (SSSR count). The Morgan fingerprint density at radius 1 is 0.432 bits per heavy atom. The first-order chi connectivity index (χ1) is 17.4. The van der Waals surface area contributed by atoms with Crippen molar-refractivity contribution in [2.75, 3.05) is 14.2 Å². The summed E-state index contributed by atoms with van der Waals surface area (Å²) < 4.78 is 17.5. The van der Waals surface area contributed by atoms with Crippen LogP contribution in [-0.2, 0) is 14.2 Å². The fraction of sp³-hybridized carbons (Fsp3) is 1.00. The van der Waals surface area contributed by atoms with Gasteiger partial charge in [-0.1, -0.05) is 54.4 Å². The lowest BCUT2D eigenvalue weighted by Gasteiger charge is -2.25. The Kier molecular flexibility index (Phi) is 22.5. The molecule has 0 aliphatic carbocycles. The van der Waals surface area contributed by atoms with Crippen molar-refractivity contribution in [1.29, 1.82) is 0 Å². The number of ether oxygens (including phenoxy) is 3. The second-order valence-corrected chi connectivity index (χ2v) is 14.4. The standard InChI is InChI=1S/C32H64Cl2O3/c1-23(17-25(3)19-27(5)21-29(7)33)13-11-15-31(35-9)37-32(36-10)16-12-14-24(2)18-26(4)20-28(6)22-30(8)34/h23-32H,11-22H2,1-10H3. The summed E-state index contributed by atoms with van der Waals surface area (Å²) in [6.07, 6.45) is 13.4. The summed E-state index contributed by atoms with van der Waals surface area (Å²) in [7, 11) is 3.50. The molecular formula is C32H64Cl2O3. The summed E-state index contributed by atoms with van der Waals surface area (Å²) >= 11 is 12.3. The molecule has 0 spiro atoms. The highest BCUT2D eigenvalue weighted by atomic mass is 35.5. The van der Waals surface area contributed by atoms with Gasteiger partial charge in [0.25, 0.3) is 0 Å². The number of hydrogen-bond acceptors (Lipinski definition) is 3. The Balaban J connectivity index is 4.22. The predicted molar refractivity (Wildman–Crippen MR) is 164 cm³/mol. The van der Waals surface area contributed by atoms with Crippen molar-refractivity contribution in [3.05, 3.63) is 0 Å². The molecule has 10 atom stereocenters. The van der Waals surface area contributed by atoms with Gasteiger partial charge in [0.15, 0.2) is 12.6 Å². The quantitative estimate of drug-likeness (QED) is 0.0858. The zero-order valence-electron chi connectivity index (χ0n) is 26.2. The predicted octanol–water partition coefficient (Wildman–Crippen LogP) is 10.7. The van der Waals surface area contributed by atoms with Crippen LogP contribution in [-0.4, -0.2) is 37.6 Å². The van der Waals surface area contributed by atoms with Crippen molar-refractivity contribution in [2.45, 2.75) is 156 Å². The summed E-state index contributed by atoms with van der Waals surface area (Å²) in [6.45, 7) is 18.4. The van der Waals surface area contributed by atoms with Crippen LogP contribution in [0.5, 0.6) is 0 Å². The van der Waals surface area contributed by atoms with Gasteiger partial charge in [-0.05, 0) is 114 Å². The molecule has 0 heterocycles. The molecule has 0 amide bonds. The lowest BCUT2D eigenvalue weighted by molar-refractivity contribution is -0.233. The highest BCUT2D eigenvalue weighted by Crippen LogP contribution is 2.28. The number of rotatable bonds is 24. The molecule has 0 N–H and O–H groups in total. The minimum atomic E-state index is -0.192. The average Bonchev–Trinajstić information content (AvgIpc) is 2.75. The van der Waals surface area contributed by atoms with E-state index >= 15 is 0 Å². The van der Waals surface area contributed by atoms with Crippen molar-refractivity contribution in [3.8, 4) is 0 Å². The number of alkyl halides is 2. The Bertz CT molecular complexity index is 472. The summed E-state index contributed by atoms with van der Waals surface area (Å²) in [4.78, 5) is 0. The molecule has 224 valence electrons. The number of hydrogen-bond donors (Lipinski definition) is 0. The molecule has 10 unspecified atom stereocenters. The van der Waals surface area contributed by atoms with E-state index in [2.05, 4.69) is 55.4 Å².